The molecule has 0 radical (unpaired) electrons. The van der Waals surface area contributed by atoms with Gasteiger partial charge in [0.05, 0.1) is 6.33 Å². The van der Waals surface area contributed by atoms with Crippen LogP contribution in [0.4, 0.5) is 5.82 Å². The van der Waals surface area contributed by atoms with Crippen molar-refractivity contribution in [3.8, 4) is 0 Å². The van der Waals surface area contributed by atoms with E-state index >= 15 is 0 Å². The highest BCUT2D eigenvalue weighted by Gasteiger charge is 2.28. The Morgan fingerprint density at radius 2 is 2.35 bits per heavy atom. The van der Waals surface area contributed by atoms with Crippen LogP contribution in [0.15, 0.2) is 11.1 Å². The molecular weight excluding hydrogens is 238 g/mol. The molecule has 0 bridgehead atoms. The molecule has 1 aliphatic carbocycles. The van der Waals surface area contributed by atoms with Gasteiger partial charge in [0.15, 0.2) is 5.82 Å². The van der Waals surface area contributed by atoms with Crippen molar-refractivity contribution in [2.45, 2.75) is 45.6 Å². The van der Waals surface area contributed by atoms with Crippen molar-refractivity contribution in [2.24, 2.45) is 5.41 Å². The van der Waals surface area contributed by atoms with Crippen molar-refractivity contribution in [1.29, 1.82) is 0 Å². The number of nitrogens with zero attached hydrogens (tertiary/aromatic N) is 1. The third-order valence-corrected chi connectivity index (χ3v) is 3.69. The minimum atomic E-state index is -0.292. The van der Waals surface area contributed by atoms with E-state index in [0.717, 1.165) is 12.8 Å². The molecule has 0 aromatic carbocycles. The Labute approximate surface area is 106 Å². The molecule has 1 heterocycles. The molecule has 2 N–H and O–H groups in total. The molecule has 1 aromatic rings. The van der Waals surface area contributed by atoms with E-state index in [1.165, 1.54) is 19.2 Å². The first-order valence-corrected chi connectivity index (χ1v) is 6.35. The quantitative estimate of drug-likeness (QED) is 0.854. The van der Waals surface area contributed by atoms with E-state index in [2.05, 4.69) is 29.1 Å². The van der Waals surface area contributed by atoms with Crippen molar-refractivity contribution >= 4 is 17.4 Å². The summed E-state index contributed by atoms with van der Waals surface area (Å²) in [5.41, 5.74) is 0.0584. The van der Waals surface area contributed by atoms with Gasteiger partial charge in [-0.15, -0.1) is 0 Å². The SMILES string of the molecule is CC1(C)CCCC(Nc2nc[nH]c(=O)c2Cl)C1. The van der Waals surface area contributed by atoms with Gasteiger partial charge >= 0.3 is 0 Å². The third kappa shape index (κ3) is 3.00. The van der Waals surface area contributed by atoms with Gasteiger partial charge in [0.2, 0.25) is 0 Å². The number of H-pyrrole nitrogens is 1. The van der Waals surface area contributed by atoms with Gasteiger partial charge < -0.3 is 10.3 Å². The molecule has 0 saturated heterocycles. The van der Waals surface area contributed by atoms with Crippen LogP contribution in [0.25, 0.3) is 0 Å². The normalized spacial score (nSPS) is 23.4. The number of aromatic amines is 1. The predicted octanol–water partition coefficient (Wildman–Crippen LogP) is 2.80. The lowest BCUT2D eigenvalue weighted by Crippen LogP contribution is -2.32. The lowest BCUT2D eigenvalue weighted by molar-refractivity contribution is 0.229. The van der Waals surface area contributed by atoms with Crippen LogP contribution in [-0.2, 0) is 0 Å². The second-order valence-electron chi connectivity index (χ2n) is 5.50. The number of anilines is 1. The van der Waals surface area contributed by atoms with Crippen LogP contribution in [0.5, 0.6) is 0 Å². The topological polar surface area (TPSA) is 57.8 Å². The van der Waals surface area contributed by atoms with Gasteiger partial charge in [-0.2, -0.15) is 0 Å². The van der Waals surface area contributed by atoms with Gasteiger partial charge in [-0.05, 0) is 24.7 Å². The Kier molecular flexibility index (Phi) is 3.43. The molecular formula is C12H18ClN3O. The minimum absolute atomic E-state index is 0.149. The molecule has 2 rings (SSSR count). The van der Waals surface area contributed by atoms with Crippen molar-refractivity contribution in [2.75, 3.05) is 5.32 Å². The fourth-order valence-electron chi connectivity index (χ4n) is 2.50. The zero-order valence-corrected chi connectivity index (χ0v) is 11.0. The van der Waals surface area contributed by atoms with Crippen LogP contribution >= 0.6 is 11.6 Å². The Balaban J connectivity index is 2.11. The second-order valence-corrected chi connectivity index (χ2v) is 5.87. The van der Waals surface area contributed by atoms with Gasteiger partial charge in [-0.25, -0.2) is 4.98 Å². The number of aromatic nitrogens is 2. The monoisotopic (exact) mass is 255 g/mol. The maximum absolute atomic E-state index is 11.3. The molecule has 0 amide bonds. The highest BCUT2D eigenvalue weighted by Crippen LogP contribution is 2.36. The van der Waals surface area contributed by atoms with Gasteiger partial charge in [0.1, 0.15) is 5.02 Å². The van der Waals surface area contributed by atoms with Crippen LogP contribution < -0.4 is 10.9 Å². The van der Waals surface area contributed by atoms with Gasteiger partial charge in [0.25, 0.3) is 5.56 Å². The molecule has 0 aliphatic heterocycles. The molecule has 1 unspecified atom stereocenters. The summed E-state index contributed by atoms with van der Waals surface area (Å²) in [5.74, 6) is 0.498. The summed E-state index contributed by atoms with van der Waals surface area (Å²) in [4.78, 5) is 17.9. The summed E-state index contributed by atoms with van der Waals surface area (Å²) in [6.45, 7) is 4.54. The molecule has 1 saturated carbocycles. The van der Waals surface area contributed by atoms with Crippen LogP contribution in [-0.4, -0.2) is 16.0 Å². The van der Waals surface area contributed by atoms with Crippen LogP contribution in [0.1, 0.15) is 39.5 Å². The number of rotatable bonds is 2. The summed E-state index contributed by atoms with van der Waals surface area (Å²) >= 11 is 5.91. The second kappa shape index (κ2) is 4.69. The summed E-state index contributed by atoms with van der Waals surface area (Å²) in [6, 6.07) is 0.352. The molecule has 17 heavy (non-hydrogen) atoms. The average Bonchev–Trinajstić information content (AvgIpc) is 2.23. The van der Waals surface area contributed by atoms with E-state index in [1.54, 1.807) is 0 Å². The highest BCUT2D eigenvalue weighted by molar-refractivity contribution is 6.32. The van der Waals surface area contributed by atoms with E-state index in [0.29, 0.717) is 17.3 Å². The fourth-order valence-corrected chi connectivity index (χ4v) is 2.66. The molecule has 1 atom stereocenters. The zero-order chi connectivity index (χ0) is 12.5. The average molecular weight is 256 g/mol. The number of halogens is 1. The van der Waals surface area contributed by atoms with Crippen LogP contribution in [0, 0.1) is 5.41 Å². The van der Waals surface area contributed by atoms with Gasteiger partial charge in [-0.1, -0.05) is 31.9 Å². The first kappa shape index (κ1) is 12.4. The largest absolute Gasteiger partial charge is 0.366 e. The van der Waals surface area contributed by atoms with E-state index in [4.69, 9.17) is 11.6 Å². The maximum Gasteiger partial charge on any atom is 0.271 e. The zero-order valence-electron chi connectivity index (χ0n) is 10.2. The third-order valence-electron chi connectivity index (χ3n) is 3.34. The molecule has 1 aliphatic rings. The first-order valence-electron chi connectivity index (χ1n) is 5.98. The summed E-state index contributed by atoms with van der Waals surface area (Å²) in [7, 11) is 0. The van der Waals surface area contributed by atoms with E-state index < -0.39 is 0 Å². The Morgan fingerprint density at radius 3 is 3.06 bits per heavy atom. The Hall–Kier alpha value is -1.03. The Bertz CT molecular complexity index is 455. The molecule has 1 aromatic heterocycles. The van der Waals surface area contributed by atoms with E-state index in [-0.39, 0.29) is 10.6 Å². The standard InChI is InChI=1S/C12H18ClN3O/c1-12(2)5-3-4-8(6-12)16-10-9(13)11(17)15-7-14-10/h7-8H,3-6H2,1-2H3,(H2,14,15,16,17). The number of hydrogen-bond donors (Lipinski definition) is 2. The molecule has 0 spiro atoms. The van der Waals surface area contributed by atoms with Crippen molar-refractivity contribution in [3.05, 3.63) is 21.7 Å². The molecule has 4 nitrogen and oxygen atoms in total. The van der Waals surface area contributed by atoms with Crippen LogP contribution in [0.2, 0.25) is 5.02 Å². The van der Waals surface area contributed by atoms with Gasteiger partial charge in [-0.3, -0.25) is 4.79 Å². The number of nitrogens with one attached hydrogen (secondary N) is 2. The molecule has 1 fully saturated rings. The van der Waals surface area contributed by atoms with Crippen LogP contribution in [0.3, 0.4) is 0 Å². The van der Waals surface area contributed by atoms with Crippen molar-refractivity contribution in [3.63, 3.8) is 0 Å². The lowest BCUT2D eigenvalue weighted by atomic mass is 9.75. The van der Waals surface area contributed by atoms with Crippen molar-refractivity contribution < 1.29 is 0 Å². The smallest absolute Gasteiger partial charge is 0.271 e. The highest BCUT2D eigenvalue weighted by atomic mass is 35.5. The van der Waals surface area contributed by atoms with Crippen molar-refractivity contribution in [1.82, 2.24) is 9.97 Å². The Morgan fingerprint density at radius 1 is 1.59 bits per heavy atom. The van der Waals surface area contributed by atoms with E-state index in [9.17, 15) is 4.79 Å². The summed E-state index contributed by atoms with van der Waals surface area (Å²) in [5, 5.41) is 3.43. The first-order chi connectivity index (χ1) is 7.98. The van der Waals surface area contributed by atoms with Gasteiger partial charge in [0, 0.05) is 6.04 Å². The van der Waals surface area contributed by atoms with E-state index in [1.807, 2.05) is 0 Å². The summed E-state index contributed by atoms with van der Waals surface area (Å²) in [6.07, 6.45) is 6.02. The predicted molar refractivity (Wildman–Crippen MR) is 69.5 cm³/mol. The summed E-state index contributed by atoms with van der Waals surface area (Å²) < 4.78 is 0. The molecule has 94 valence electrons. The molecule has 5 heteroatoms. The lowest BCUT2D eigenvalue weighted by Gasteiger charge is -2.35. The minimum Gasteiger partial charge on any atom is -0.366 e. The fraction of sp³-hybridized carbons (Fsp3) is 0.667. The maximum atomic E-state index is 11.3. The number of hydrogen-bond acceptors (Lipinski definition) is 3.